The Balaban J connectivity index is 1.86. The number of alkyl halides is 3. The van der Waals surface area contributed by atoms with Crippen molar-refractivity contribution in [2.45, 2.75) is 45.3 Å². The minimum Gasteiger partial charge on any atom is -0.455 e. The van der Waals surface area contributed by atoms with Crippen molar-refractivity contribution in [2.75, 3.05) is 0 Å². The number of aromatic nitrogens is 5. The van der Waals surface area contributed by atoms with Crippen molar-refractivity contribution < 1.29 is 32.2 Å². The minimum absolute atomic E-state index is 0.0109. The highest BCUT2D eigenvalue weighted by Crippen LogP contribution is 2.31. The Bertz CT molecular complexity index is 1650. The lowest BCUT2D eigenvalue weighted by molar-refractivity contribution is -0.207. The van der Waals surface area contributed by atoms with Gasteiger partial charge in [-0.15, -0.1) is 5.10 Å². The normalized spacial score (nSPS) is 13.3. The van der Waals surface area contributed by atoms with E-state index in [0.717, 1.165) is 21.4 Å². The number of imidazole rings is 1. The molecule has 0 aliphatic rings. The molecule has 0 fully saturated rings. The molecule has 16 heteroatoms. The van der Waals surface area contributed by atoms with Crippen LogP contribution in [0.25, 0.3) is 16.9 Å². The predicted molar refractivity (Wildman–Crippen MR) is 142 cm³/mol. The summed E-state index contributed by atoms with van der Waals surface area (Å²) in [5.41, 5.74) is -0.819. The first-order valence-corrected chi connectivity index (χ1v) is 12.9. The number of ether oxygens (including phenoxy) is 1. The summed E-state index contributed by atoms with van der Waals surface area (Å²) in [6.45, 7) is 1.03. The molecular formula is C25H20Cl3F4N5O4. The first-order chi connectivity index (χ1) is 19.2. The molecule has 2 aromatic heterocycles. The summed E-state index contributed by atoms with van der Waals surface area (Å²) < 4.78 is 61.7. The number of hydrogen-bond acceptors (Lipinski definition) is 6. The average molecular weight is 637 g/mol. The van der Waals surface area contributed by atoms with E-state index in [0.29, 0.717) is 9.59 Å². The van der Waals surface area contributed by atoms with E-state index in [9.17, 15) is 32.3 Å². The lowest BCUT2D eigenvalue weighted by atomic mass is 10.1. The second-order valence-electron chi connectivity index (χ2n) is 8.83. The number of carbonyl (C=O) groups excluding carboxylic acids is 1. The van der Waals surface area contributed by atoms with Gasteiger partial charge >= 0.3 is 17.8 Å². The minimum atomic E-state index is -5.02. The molecule has 0 amide bonds. The van der Waals surface area contributed by atoms with Gasteiger partial charge in [0.25, 0.3) is 0 Å². The van der Waals surface area contributed by atoms with E-state index in [4.69, 9.17) is 39.5 Å². The Morgan fingerprint density at radius 1 is 1.10 bits per heavy atom. The standard InChI is InChI=1S/C25H20Cl3F4N5O4/c1-12(41-13(2)38)23-33-20(34-37(23)18-9-16(29)7-8-17(18)27)11-36-22(28)21(14-3-5-15(26)6-4-14)35(24(36)40)10-19(39)25(30,31)32/h3-9,12,19,39H,10-11H2,1-2H3/t12-,19-/m0/s1. The SMILES string of the molecule is CC(=O)O[C@@H](C)c1nc(Cn2c(Cl)c(-c3ccc(Cl)cc3)n(C[C@H](O)C(F)(F)F)c2=O)nn1-c1cc(F)ccc1Cl. The van der Waals surface area contributed by atoms with Crippen molar-refractivity contribution >= 4 is 40.8 Å². The van der Waals surface area contributed by atoms with Crippen LogP contribution in [-0.2, 0) is 22.6 Å². The zero-order chi connectivity index (χ0) is 30.2. The van der Waals surface area contributed by atoms with E-state index >= 15 is 0 Å². The van der Waals surface area contributed by atoms with E-state index in [1.807, 2.05) is 0 Å². The third kappa shape index (κ3) is 6.58. The quantitative estimate of drug-likeness (QED) is 0.200. The van der Waals surface area contributed by atoms with Gasteiger partial charge in [0.2, 0.25) is 0 Å². The number of esters is 1. The number of carbonyl (C=O) groups is 1. The van der Waals surface area contributed by atoms with Gasteiger partial charge in [-0.2, -0.15) is 13.2 Å². The van der Waals surface area contributed by atoms with Crippen LogP contribution in [0, 0.1) is 5.82 Å². The molecule has 2 atom stereocenters. The van der Waals surface area contributed by atoms with E-state index in [1.165, 1.54) is 44.2 Å². The number of benzene rings is 2. The van der Waals surface area contributed by atoms with Crippen LogP contribution in [0.5, 0.6) is 0 Å². The molecule has 0 bridgehead atoms. The summed E-state index contributed by atoms with van der Waals surface area (Å²) >= 11 is 18.7. The Hall–Kier alpha value is -3.39. The zero-order valence-corrected chi connectivity index (χ0v) is 23.4. The number of hydrogen-bond donors (Lipinski definition) is 1. The van der Waals surface area contributed by atoms with E-state index in [1.54, 1.807) is 0 Å². The Morgan fingerprint density at radius 2 is 1.76 bits per heavy atom. The van der Waals surface area contributed by atoms with Gasteiger partial charge < -0.3 is 9.84 Å². The maximum atomic E-state index is 14.1. The zero-order valence-electron chi connectivity index (χ0n) is 21.2. The highest BCUT2D eigenvalue weighted by Gasteiger charge is 2.39. The second-order valence-corrected chi connectivity index (χ2v) is 10.0. The first kappa shape index (κ1) is 30.6. The lowest BCUT2D eigenvalue weighted by Crippen LogP contribution is -2.37. The first-order valence-electron chi connectivity index (χ1n) is 11.7. The fourth-order valence-electron chi connectivity index (χ4n) is 4.00. The third-order valence-corrected chi connectivity index (χ3v) is 6.79. The Kier molecular flexibility index (Phi) is 8.83. The van der Waals surface area contributed by atoms with E-state index < -0.39 is 49.0 Å². The summed E-state index contributed by atoms with van der Waals surface area (Å²) in [5, 5.41) is 14.2. The molecule has 0 aliphatic carbocycles. The van der Waals surface area contributed by atoms with Crippen LogP contribution in [0.4, 0.5) is 17.6 Å². The topological polar surface area (TPSA) is 104 Å². The van der Waals surface area contributed by atoms with Gasteiger partial charge in [-0.05, 0) is 31.2 Å². The highest BCUT2D eigenvalue weighted by atomic mass is 35.5. The molecule has 1 N–H and O–H groups in total. The van der Waals surface area contributed by atoms with Crippen LogP contribution in [0.1, 0.15) is 31.6 Å². The van der Waals surface area contributed by atoms with Crippen LogP contribution < -0.4 is 5.69 Å². The summed E-state index contributed by atoms with van der Waals surface area (Å²) in [6, 6.07) is 9.26. The molecule has 4 rings (SSSR count). The molecule has 0 aliphatic heterocycles. The Morgan fingerprint density at radius 3 is 2.37 bits per heavy atom. The monoisotopic (exact) mass is 635 g/mol. The number of aliphatic hydroxyl groups excluding tert-OH is 1. The summed E-state index contributed by atoms with van der Waals surface area (Å²) in [6.07, 6.45) is -8.89. The molecule has 2 aromatic carbocycles. The third-order valence-electron chi connectivity index (χ3n) is 5.83. The summed E-state index contributed by atoms with van der Waals surface area (Å²) in [5.74, 6) is -1.39. The molecule has 0 unspecified atom stereocenters. The van der Waals surface area contributed by atoms with Crippen LogP contribution in [0.2, 0.25) is 15.2 Å². The van der Waals surface area contributed by atoms with Gasteiger partial charge in [0.15, 0.2) is 23.9 Å². The van der Waals surface area contributed by atoms with Crippen molar-refractivity contribution in [3.63, 3.8) is 0 Å². The molecule has 2 heterocycles. The van der Waals surface area contributed by atoms with Gasteiger partial charge in [0, 0.05) is 23.6 Å². The Labute approximate surface area is 244 Å². The maximum absolute atomic E-state index is 14.1. The van der Waals surface area contributed by atoms with Gasteiger partial charge in [0.1, 0.15) is 11.0 Å². The number of rotatable bonds is 8. The van der Waals surface area contributed by atoms with Gasteiger partial charge in [-0.25, -0.2) is 18.9 Å². The molecule has 0 spiro atoms. The van der Waals surface area contributed by atoms with Crippen molar-refractivity contribution in [3.05, 3.63) is 85.6 Å². The number of halogens is 7. The van der Waals surface area contributed by atoms with E-state index in [-0.39, 0.29) is 38.8 Å². The molecule has 0 saturated carbocycles. The van der Waals surface area contributed by atoms with E-state index in [2.05, 4.69) is 10.1 Å². The smallest absolute Gasteiger partial charge is 0.416 e. The van der Waals surface area contributed by atoms with Gasteiger partial charge in [-0.3, -0.25) is 13.9 Å². The molecule has 0 radical (unpaired) electrons. The van der Waals surface area contributed by atoms with Crippen molar-refractivity contribution in [3.8, 4) is 16.9 Å². The highest BCUT2D eigenvalue weighted by molar-refractivity contribution is 6.32. The number of nitrogens with zero attached hydrogens (tertiary/aromatic N) is 5. The fourth-order valence-corrected chi connectivity index (χ4v) is 4.66. The van der Waals surface area contributed by atoms with Crippen LogP contribution in [0.15, 0.2) is 47.3 Å². The largest absolute Gasteiger partial charge is 0.455 e. The molecule has 218 valence electrons. The molecule has 9 nitrogen and oxygen atoms in total. The average Bonchev–Trinajstić information content (AvgIpc) is 3.40. The summed E-state index contributed by atoms with van der Waals surface area (Å²) in [4.78, 5) is 29.3. The summed E-state index contributed by atoms with van der Waals surface area (Å²) in [7, 11) is 0. The van der Waals surface area contributed by atoms with Crippen LogP contribution in [0.3, 0.4) is 0 Å². The van der Waals surface area contributed by atoms with Crippen LogP contribution >= 0.6 is 34.8 Å². The van der Waals surface area contributed by atoms with Crippen molar-refractivity contribution in [1.82, 2.24) is 23.9 Å². The predicted octanol–water partition coefficient (Wildman–Crippen LogP) is 5.59. The molecular weight excluding hydrogens is 617 g/mol. The van der Waals surface area contributed by atoms with Gasteiger partial charge in [0.05, 0.1) is 29.5 Å². The van der Waals surface area contributed by atoms with Gasteiger partial charge in [-0.1, -0.05) is 46.9 Å². The second kappa shape index (κ2) is 11.8. The fraction of sp³-hybridized carbons (Fsp3) is 0.280. The van der Waals surface area contributed by atoms with Crippen molar-refractivity contribution in [1.29, 1.82) is 0 Å². The number of aliphatic hydroxyl groups is 1. The maximum Gasteiger partial charge on any atom is 0.416 e. The molecule has 4 aromatic rings. The molecule has 0 saturated heterocycles. The molecule has 41 heavy (non-hydrogen) atoms. The lowest BCUT2D eigenvalue weighted by Gasteiger charge is -2.16. The van der Waals surface area contributed by atoms with Crippen LogP contribution in [-0.4, -0.2) is 47.3 Å². The van der Waals surface area contributed by atoms with Crippen molar-refractivity contribution in [2.24, 2.45) is 0 Å².